The molecule has 16 nitrogen and oxygen atoms in total. The van der Waals surface area contributed by atoms with E-state index in [1.807, 2.05) is 6.07 Å². The zero-order valence-electron chi connectivity index (χ0n) is 24.8. The Morgan fingerprint density at radius 1 is 1.09 bits per heavy atom. The van der Waals surface area contributed by atoms with E-state index in [0.29, 0.717) is 79.0 Å². The summed E-state index contributed by atoms with van der Waals surface area (Å²) in [6.45, 7) is 2.97. The van der Waals surface area contributed by atoms with Gasteiger partial charge in [-0.1, -0.05) is 4.98 Å². The van der Waals surface area contributed by atoms with E-state index in [4.69, 9.17) is 19.2 Å². The average Bonchev–Trinajstić information content (AvgIpc) is 3.44. The van der Waals surface area contributed by atoms with Crippen LogP contribution in [0.4, 0.5) is 28.2 Å². The lowest BCUT2D eigenvalue weighted by molar-refractivity contribution is -0.396. The van der Waals surface area contributed by atoms with Crippen LogP contribution in [0.2, 0.25) is 0 Å². The zero-order valence-corrected chi connectivity index (χ0v) is 24.8. The summed E-state index contributed by atoms with van der Waals surface area (Å²) in [4.78, 5) is 46.9. The predicted octanol–water partition coefficient (Wildman–Crippen LogP) is 3.70. The molecule has 1 aliphatic carbocycles. The van der Waals surface area contributed by atoms with E-state index in [-0.39, 0.29) is 12.6 Å². The third-order valence-electron chi connectivity index (χ3n) is 7.99. The van der Waals surface area contributed by atoms with Crippen molar-refractivity contribution in [2.75, 3.05) is 48.4 Å². The third-order valence-corrected chi connectivity index (χ3v) is 7.99. The fourth-order valence-electron chi connectivity index (χ4n) is 5.47. The summed E-state index contributed by atoms with van der Waals surface area (Å²) in [6.07, 6.45) is 9.50. The van der Waals surface area contributed by atoms with Crippen LogP contribution in [0.25, 0.3) is 10.9 Å². The van der Waals surface area contributed by atoms with Crippen LogP contribution in [0, 0.1) is 16.0 Å². The lowest BCUT2D eigenvalue weighted by Crippen LogP contribution is -2.36. The van der Waals surface area contributed by atoms with Gasteiger partial charge in [0.15, 0.2) is 12.3 Å². The minimum Gasteiger partial charge on any atom is -0.477 e. The van der Waals surface area contributed by atoms with Gasteiger partial charge in [-0.05, 0) is 48.7 Å². The number of imidazole rings is 1. The summed E-state index contributed by atoms with van der Waals surface area (Å²) in [5.74, 6) is 1.87. The van der Waals surface area contributed by atoms with Gasteiger partial charge in [-0.3, -0.25) is 10.3 Å². The van der Waals surface area contributed by atoms with Crippen molar-refractivity contribution in [2.24, 2.45) is 13.0 Å². The molecule has 2 aliphatic rings. The Hall–Kier alpha value is -5.12. The summed E-state index contributed by atoms with van der Waals surface area (Å²) < 4.78 is 18.4. The Labute approximate surface area is 258 Å². The number of carbonyl (C=O) groups excluding carboxylic acids is 1. The molecule has 1 aliphatic heterocycles. The highest BCUT2D eigenvalue weighted by molar-refractivity contribution is 5.92. The predicted molar refractivity (Wildman–Crippen MR) is 163 cm³/mol. The van der Waals surface area contributed by atoms with E-state index in [0.717, 1.165) is 31.5 Å². The second-order valence-corrected chi connectivity index (χ2v) is 11.0. The molecule has 16 heteroatoms. The van der Waals surface area contributed by atoms with Crippen molar-refractivity contribution < 1.29 is 23.9 Å². The molecular formula is C29H34N10O6. The molecular weight excluding hydrogens is 584 g/mol. The Balaban J connectivity index is 1.13. The second-order valence-electron chi connectivity index (χ2n) is 11.0. The highest BCUT2D eigenvalue weighted by atomic mass is 16.6. The van der Waals surface area contributed by atoms with E-state index in [1.54, 1.807) is 24.5 Å². The molecule has 0 unspecified atom stereocenters. The topological polar surface area (TPSA) is 185 Å². The van der Waals surface area contributed by atoms with Crippen molar-refractivity contribution in [3.05, 3.63) is 58.8 Å². The molecule has 2 fully saturated rings. The molecule has 0 spiro atoms. The first kappa shape index (κ1) is 29.9. The summed E-state index contributed by atoms with van der Waals surface area (Å²) >= 11 is 0. The van der Waals surface area contributed by atoms with E-state index in [9.17, 15) is 14.9 Å². The van der Waals surface area contributed by atoms with Gasteiger partial charge in [0, 0.05) is 37.6 Å². The minimum atomic E-state index is -0.744. The first-order valence-corrected chi connectivity index (χ1v) is 14.8. The van der Waals surface area contributed by atoms with Gasteiger partial charge >= 0.3 is 12.0 Å². The maximum atomic E-state index is 12.6. The number of hydrogen-bond donors (Lipinski definition) is 2. The molecule has 1 amide bonds. The van der Waals surface area contributed by atoms with Crippen molar-refractivity contribution in [1.29, 1.82) is 0 Å². The molecule has 4 aromatic rings. The molecule has 0 aromatic carbocycles. The number of amides is 1. The Bertz CT molecular complexity index is 1640. The molecule has 1 saturated carbocycles. The van der Waals surface area contributed by atoms with Crippen LogP contribution in [0.5, 0.6) is 5.88 Å². The molecule has 6 rings (SSSR count). The molecule has 45 heavy (non-hydrogen) atoms. The zero-order chi connectivity index (χ0) is 31.2. The van der Waals surface area contributed by atoms with Crippen LogP contribution in [0.15, 0.2) is 43.0 Å². The van der Waals surface area contributed by atoms with Gasteiger partial charge in [-0.2, -0.15) is 4.98 Å². The molecule has 0 bridgehead atoms. The number of rotatable bonds is 10. The van der Waals surface area contributed by atoms with Crippen molar-refractivity contribution in [1.82, 2.24) is 29.5 Å². The number of hydrogen-bond acceptors (Lipinski definition) is 13. The van der Waals surface area contributed by atoms with Gasteiger partial charge in [-0.25, -0.2) is 19.3 Å². The number of nitrogens with one attached hydrogen (secondary N) is 2. The van der Waals surface area contributed by atoms with Crippen LogP contribution >= 0.6 is 0 Å². The standard InChI is InChI=1S/C29H34N10O6/c1-37-22(16-33-28(37)39(41)42)18-45-29(40)35-21-13-23-24(32-15-21)14-25(38-9-11-43-12-10-38)36-26(23)44-17-19-3-5-20(6-4-19)34-27-30-7-2-8-31-27/h2,7-8,13-16,19-20H,3-6,9-12,17-18H2,1H3,(H,35,40)(H,30,31,34). The SMILES string of the molecule is Cn1c(COC(=O)Nc2cnc3cc(N4CCOCC4)nc(OCC4CCC(Nc5ncccn5)CC4)c3c2)cnc1[N+](=O)[O-]. The van der Waals surface area contributed by atoms with E-state index in [1.165, 1.54) is 24.0 Å². The maximum Gasteiger partial charge on any atom is 0.434 e. The Morgan fingerprint density at radius 2 is 1.87 bits per heavy atom. The van der Waals surface area contributed by atoms with Gasteiger partial charge in [-0.15, -0.1) is 0 Å². The fourth-order valence-corrected chi connectivity index (χ4v) is 5.47. The van der Waals surface area contributed by atoms with Crippen molar-refractivity contribution in [2.45, 2.75) is 38.3 Å². The first-order valence-electron chi connectivity index (χ1n) is 14.8. The summed E-state index contributed by atoms with van der Waals surface area (Å²) in [5.41, 5.74) is 1.45. The Morgan fingerprint density at radius 3 is 2.60 bits per heavy atom. The molecule has 0 atom stereocenters. The number of aromatic nitrogens is 6. The number of fused-ring (bicyclic) bond motifs is 1. The van der Waals surface area contributed by atoms with Crippen LogP contribution in [0.3, 0.4) is 0 Å². The van der Waals surface area contributed by atoms with E-state index >= 15 is 0 Å². The number of pyridine rings is 2. The molecule has 2 N–H and O–H groups in total. The normalized spacial score (nSPS) is 18.4. The molecule has 236 valence electrons. The van der Waals surface area contributed by atoms with Crippen LogP contribution in [-0.4, -0.2) is 79.5 Å². The van der Waals surface area contributed by atoms with Crippen LogP contribution in [0.1, 0.15) is 31.4 Å². The quantitative estimate of drug-likeness (QED) is 0.194. The van der Waals surface area contributed by atoms with Crippen molar-refractivity contribution in [3.8, 4) is 5.88 Å². The maximum absolute atomic E-state index is 12.6. The van der Waals surface area contributed by atoms with Crippen molar-refractivity contribution >= 4 is 40.4 Å². The number of morpholine rings is 1. The van der Waals surface area contributed by atoms with Crippen LogP contribution in [-0.2, 0) is 23.1 Å². The first-order chi connectivity index (χ1) is 21.9. The van der Waals surface area contributed by atoms with Gasteiger partial charge in [0.05, 0.1) is 49.7 Å². The summed E-state index contributed by atoms with van der Waals surface area (Å²) in [6, 6.07) is 5.78. The van der Waals surface area contributed by atoms with Gasteiger partial charge in [0.1, 0.15) is 12.0 Å². The number of nitro groups is 1. The number of carbonyl (C=O) groups is 1. The lowest BCUT2D eigenvalue weighted by Gasteiger charge is -2.30. The highest BCUT2D eigenvalue weighted by Gasteiger charge is 2.24. The van der Waals surface area contributed by atoms with Gasteiger partial charge in [0.25, 0.3) is 0 Å². The number of ether oxygens (including phenoxy) is 3. The molecule has 4 aromatic heterocycles. The molecule has 0 radical (unpaired) electrons. The van der Waals surface area contributed by atoms with Gasteiger partial charge in [0.2, 0.25) is 11.8 Å². The number of anilines is 3. The monoisotopic (exact) mass is 618 g/mol. The fraction of sp³-hybridized carbons (Fsp3) is 0.448. The highest BCUT2D eigenvalue weighted by Crippen LogP contribution is 2.32. The third kappa shape index (κ3) is 7.34. The smallest absolute Gasteiger partial charge is 0.434 e. The Kier molecular flexibility index (Phi) is 9.09. The summed E-state index contributed by atoms with van der Waals surface area (Å²) in [7, 11) is 1.48. The number of nitrogens with zero attached hydrogens (tertiary/aromatic N) is 8. The minimum absolute atomic E-state index is 0.195. The second kappa shape index (κ2) is 13.7. The van der Waals surface area contributed by atoms with Gasteiger partial charge < -0.3 is 34.5 Å². The lowest BCUT2D eigenvalue weighted by atomic mass is 9.86. The largest absolute Gasteiger partial charge is 0.477 e. The molecule has 1 saturated heterocycles. The average molecular weight is 619 g/mol. The van der Waals surface area contributed by atoms with E-state index < -0.39 is 11.0 Å². The molecule has 5 heterocycles. The summed E-state index contributed by atoms with van der Waals surface area (Å²) in [5, 5.41) is 17.8. The van der Waals surface area contributed by atoms with Crippen LogP contribution < -0.4 is 20.3 Å². The van der Waals surface area contributed by atoms with E-state index in [2.05, 4.69) is 35.5 Å². The van der Waals surface area contributed by atoms with Crippen molar-refractivity contribution in [3.63, 3.8) is 0 Å².